The summed E-state index contributed by atoms with van der Waals surface area (Å²) in [6, 6.07) is 11.3. The van der Waals surface area contributed by atoms with Crippen molar-refractivity contribution < 1.29 is 32.6 Å². The zero-order valence-corrected chi connectivity index (χ0v) is 18.2. The zero-order valence-electron chi connectivity index (χ0n) is 18.2. The van der Waals surface area contributed by atoms with E-state index in [1.54, 1.807) is 7.11 Å². The van der Waals surface area contributed by atoms with Crippen LogP contribution in [0.25, 0.3) is 11.1 Å². The van der Waals surface area contributed by atoms with Crippen LogP contribution in [0.3, 0.4) is 0 Å². The number of hydrogen-bond acceptors (Lipinski definition) is 4. The van der Waals surface area contributed by atoms with E-state index in [9.17, 15) is 22.8 Å². The Morgan fingerprint density at radius 3 is 2.24 bits per heavy atom. The first-order valence-corrected chi connectivity index (χ1v) is 10.8. The zero-order chi connectivity index (χ0) is 24.0. The van der Waals surface area contributed by atoms with Crippen molar-refractivity contribution in [3.05, 3.63) is 53.6 Å². The average Bonchev–Trinajstić information content (AvgIpc) is 2.81. The van der Waals surface area contributed by atoms with Crippen molar-refractivity contribution in [2.45, 2.75) is 44.4 Å². The highest BCUT2D eigenvalue weighted by Crippen LogP contribution is 2.29. The standard InChI is InChI=1S/C24H27F3N2O4/c1-33-21-11-8-18(16-4-6-17(7-5-16)22(30)24(25,26)27)12-19(21)14-28-20-9-2-15(3-10-20)13-29-23(31)32/h4-8,11-12,15,20,28-29H,2-3,9-10,13-14H2,1H3,(H,31,32). The van der Waals surface area contributed by atoms with Crippen LogP contribution >= 0.6 is 0 Å². The van der Waals surface area contributed by atoms with Crippen molar-refractivity contribution in [2.24, 2.45) is 5.92 Å². The van der Waals surface area contributed by atoms with Crippen LogP contribution in [0.1, 0.15) is 41.6 Å². The van der Waals surface area contributed by atoms with Gasteiger partial charge in [-0.3, -0.25) is 4.79 Å². The molecule has 0 unspecified atom stereocenters. The quantitative estimate of drug-likeness (QED) is 0.478. The summed E-state index contributed by atoms with van der Waals surface area (Å²) in [5, 5.41) is 14.7. The first-order chi connectivity index (χ1) is 15.7. The van der Waals surface area contributed by atoms with Gasteiger partial charge in [0.1, 0.15) is 5.75 Å². The van der Waals surface area contributed by atoms with Gasteiger partial charge in [-0.15, -0.1) is 0 Å². The summed E-state index contributed by atoms with van der Waals surface area (Å²) in [4.78, 5) is 22.0. The van der Waals surface area contributed by atoms with Crippen LogP contribution in [0.5, 0.6) is 5.75 Å². The lowest BCUT2D eigenvalue weighted by molar-refractivity contribution is -0.0885. The van der Waals surface area contributed by atoms with Crippen LogP contribution in [0, 0.1) is 5.92 Å². The minimum atomic E-state index is -4.90. The molecule has 2 aromatic carbocycles. The summed E-state index contributed by atoms with van der Waals surface area (Å²) >= 11 is 0. The van der Waals surface area contributed by atoms with Gasteiger partial charge in [0.2, 0.25) is 0 Å². The molecule has 0 spiro atoms. The molecule has 1 saturated carbocycles. The highest BCUT2D eigenvalue weighted by atomic mass is 19.4. The van der Waals surface area contributed by atoms with Crippen molar-refractivity contribution in [3.63, 3.8) is 0 Å². The van der Waals surface area contributed by atoms with E-state index in [0.717, 1.165) is 36.8 Å². The number of hydrogen-bond donors (Lipinski definition) is 3. The molecule has 3 rings (SSSR count). The van der Waals surface area contributed by atoms with Gasteiger partial charge in [-0.05, 0) is 54.9 Å². The van der Waals surface area contributed by atoms with Crippen molar-refractivity contribution in [3.8, 4) is 16.9 Å². The normalized spacial score (nSPS) is 18.5. The number of carboxylic acid groups (broad SMARTS) is 1. The number of methoxy groups -OCH3 is 1. The van der Waals surface area contributed by atoms with Gasteiger partial charge in [-0.25, -0.2) is 4.79 Å². The number of Topliss-reactive ketones (excluding diaryl/α,β-unsaturated/α-hetero) is 1. The number of halogens is 3. The third-order valence-electron chi connectivity index (χ3n) is 5.99. The Balaban J connectivity index is 1.63. The SMILES string of the molecule is COc1ccc(-c2ccc(C(=O)C(F)(F)F)cc2)cc1CNC1CCC(CNC(=O)O)CC1. The molecule has 9 heteroatoms. The summed E-state index contributed by atoms with van der Waals surface area (Å²) in [5.74, 6) is -0.805. The molecular formula is C24H27F3N2O4. The maximum Gasteiger partial charge on any atom is 0.454 e. The molecule has 3 N–H and O–H groups in total. The molecule has 6 nitrogen and oxygen atoms in total. The second-order valence-corrected chi connectivity index (χ2v) is 8.22. The van der Waals surface area contributed by atoms with Gasteiger partial charge in [0, 0.05) is 30.3 Å². The van der Waals surface area contributed by atoms with Crippen LogP contribution < -0.4 is 15.4 Å². The first kappa shape index (κ1) is 24.6. The molecule has 1 aliphatic carbocycles. The second kappa shape index (κ2) is 10.7. The van der Waals surface area contributed by atoms with Crippen LogP contribution in [-0.2, 0) is 6.54 Å². The fraction of sp³-hybridized carbons (Fsp3) is 0.417. The first-order valence-electron chi connectivity index (χ1n) is 10.8. The molecule has 0 bridgehead atoms. The van der Waals surface area contributed by atoms with E-state index in [0.29, 0.717) is 36.4 Å². The number of carbonyl (C=O) groups excluding carboxylic acids is 1. The molecule has 0 aliphatic heterocycles. The molecular weight excluding hydrogens is 437 g/mol. The van der Waals surface area contributed by atoms with Crippen molar-refractivity contribution >= 4 is 11.9 Å². The van der Waals surface area contributed by atoms with E-state index in [1.165, 1.54) is 24.3 Å². The topological polar surface area (TPSA) is 87.7 Å². The highest BCUT2D eigenvalue weighted by molar-refractivity contribution is 6.00. The van der Waals surface area contributed by atoms with Crippen molar-refractivity contribution in [1.82, 2.24) is 10.6 Å². The van der Waals surface area contributed by atoms with E-state index >= 15 is 0 Å². The van der Waals surface area contributed by atoms with Gasteiger partial charge < -0.3 is 20.5 Å². The number of rotatable bonds is 8. The Morgan fingerprint density at radius 2 is 1.67 bits per heavy atom. The van der Waals surface area contributed by atoms with Gasteiger partial charge in [-0.1, -0.05) is 30.3 Å². The lowest BCUT2D eigenvalue weighted by Crippen LogP contribution is -2.36. The predicted molar refractivity (Wildman–Crippen MR) is 117 cm³/mol. The van der Waals surface area contributed by atoms with Gasteiger partial charge >= 0.3 is 12.3 Å². The Labute approximate surface area is 190 Å². The number of alkyl halides is 3. The number of nitrogens with one attached hydrogen (secondary N) is 2. The minimum absolute atomic E-state index is 0.312. The minimum Gasteiger partial charge on any atom is -0.496 e. The summed E-state index contributed by atoms with van der Waals surface area (Å²) < 4.78 is 43.3. The Morgan fingerprint density at radius 1 is 1.03 bits per heavy atom. The lowest BCUT2D eigenvalue weighted by atomic mass is 9.86. The van der Waals surface area contributed by atoms with E-state index in [2.05, 4.69) is 10.6 Å². The summed E-state index contributed by atoms with van der Waals surface area (Å²) in [5.41, 5.74) is 2.03. The average molecular weight is 464 g/mol. The smallest absolute Gasteiger partial charge is 0.454 e. The van der Waals surface area contributed by atoms with Crippen LogP contribution in [0.4, 0.5) is 18.0 Å². The largest absolute Gasteiger partial charge is 0.496 e. The number of ether oxygens (including phenoxy) is 1. The van der Waals surface area contributed by atoms with Gasteiger partial charge in [0.25, 0.3) is 5.78 Å². The molecule has 0 aromatic heterocycles. The Hall–Kier alpha value is -3.07. The predicted octanol–water partition coefficient (Wildman–Crippen LogP) is 5.02. The van der Waals surface area contributed by atoms with Crippen molar-refractivity contribution in [2.75, 3.05) is 13.7 Å². The Kier molecular flexibility index (Phi) is 7.97. The lowest BCUT2D eigenvalue weighted by Gasteiger charge is -2.29. The third-order valence-corrected chi connectivity index (χ3v) is 5.99. The Bertz CT molecular complexity index is 969. The molecule has 0 heterocycles. The summed E-state index contributed by atoms with van der Waals surface area (Å²) in [6.07, 6.45) is -2.11. The van der Waals surface area contributed by atoms with Gasteiger partial charge in [0.05, 0.1) is 7.11 Å². The summed E-state index contributed by atoms with van der Waals surface area (Å²) in [6.45, 7) is 1.04. The molecule has 2 aromatic rings. The maximum absolute atomic E-state index is 12.6. The van der Waals surface area contributed by atoms with Crippen LogP contribution in [0.15, 0.2) is 42.5 Å². The van der Waals surface area contributed by atoms with Gasteiger partial charge in [-0.2, -0.15) is 13.2 Å². The molecule has 33 heavy (non-hydrogen) atoms. The van der Waals surface area contributed by atoms with Crippen LogP contribution in [0.2, 0.25) is 0 Å². The second-order valence-electron chi connectivity index (χ2n) is 8.22. The monoisotopic (exact) mass is 464 g/mol. The maximum atomic E-state index is 12.6. The van der Waals surface area contributed by atoms with Gasteiger partial charge in [0.15, 0.2) is 0 Å². The van der Waals surface area contributed by atoms with E-state index in [-0.39, 0.29) is 0 Å². The number of amides is 1. The highest BCUT2D eigenvalue weighted by Gasteiger charge is 2.39. The molecule has 178 valence electrons. The molecule has 1 amide bonds. The summed E-state index contributed by atoms with van der Waals surface area (Å²) in [7, 11) is 1.58. The number of carbonyl (C=O) groups is 2. The molecule has 0 radical (unpaired) electrons. The molecule has 1 fully saturated rings. The van der Waals surface area contributed by atoms with Crippen LogP contribution in [-0.4, -0.2) is 42.9 Å². The van der Waals surface area contributed by atoms with E-state index in [1.807, 2.05) is 18.2 Å². The molecule has 0 saturated heterocycles. The number of ketones is 1. The van der Waals surface area contributed by atoms with E-state index in [4.69, 9.17) is 9.84 Å². The van der Waals surface area contributed by atoms with E-state index < -0.39 is 23.6 Å². The fourth-order valence-electron chi connectivity index (χ4n) is 4.13. The molecule has 1 aliphatic rings. The third kappa shape index (κ3) is 6.71. The van der Waals surface area contributed by atoms with Crippen molar-refractivity contribution in [1.29, 1.82) is 0 Å². The fourth-order valence-corrected chi connectivity index (χ4v) is 4.13. The number of benzene rings is 2. The molecule has 0 atom stereocenters.